The summed E-state index contributed by atoms with van der Waals surface area (Å²) in [6, 6.07) is 17.8. The zero-order chi connectivity index (χ0) is 21.3. The molecule has 158 valence electrons. The van der Waals surface area contributed by atoms with Crippen molar-refractivity contribution in [3.63, 3.8) is 0 Å². The number of nitrogens with one attached hydrogen (secondary N) is 1. The summed E-state index contributed by atoms with van der Waals surface area (Å²) in [7, 11) is 0. The largest absolute Gasteiger partial charge is 0.494 e. The van der Waals surface area contributed by atoms with E-state index in [0.29, 0.717) is 19.8 Å². The third-order valence-electron chi connectivity index (χ3n) is 3.56. The van der Waals surface area contributed by atoms with E-state index < -0.39 is 11.9 Å². The minimum atomic E-state index is -1.82. The molecule has 0 heterocycles. The van der Waals surface area contributed by atoms with Gasteiger partial charge < -0.3 is 30.1 Å². The SMILES string of the molecule is O=C(O)C(=O)O.OCCNCCCCOc1ccc(OCc2ccccc2)cc1. The molecular weight excluding hydrogens is 378 g/mol. The maximum atomic E-state index is 9.10. The molecule has 0 atom stereocenters. The highest BCUT2D eigenvalue weighted by Crippen LogP contribution is 2.18. The predicted molar refractivity (Wildman–Crippen MR) is 107 cm³/mol. The molecule has 0 saturated carbocycles. The molecule has 8 heteroatoms. The van der Waals surface area contributed by atoms with Crippen LogP contribution < -0.4 is 14.8 Å². The number of unbranched alkanes of at least 4 members (excludes halogenated alkanes) is 1. The average Bonchev–Trinajstić information content (AvgIpc) is 2.73. The fraction of sp³-hybridized carbons (Fsp3) is 0.333. The second kappa shape index (κ2) is 14.9. The van der Waals surface area contributed by atoms with Crippen LogP contribution in [0.4, 0.5) is 0 Å². The van der Waals surface area contributed by atoms with Crippen molar-refractivity contribution < 1.29 is 34.4 Å². The van der Waals surface area contributed by atoms with E-state index >= 15 is 0 Å². The van der Waals surface area contributed by atoms with Gasteiger partial charge in [-0.2, -0.15) is 0 Å². The van der Waals surface area contributed by atoms with Crippen LogP contribution in [-0.2, 0) is 16.2 Å². The number of rotatable bonds is 11. The molecule has 0 aliphatic rings. The van der Waals surface area contributed by atoms with Crippen molar-refractivity contribution in [1.82, 2.24) is 5.32 Å². The number of hydrogen-bond donors (Lipinski definition) is 4. The number of aliphatic hydroxyl groups is 1. The number of aliphatic hydroxyl groups excluding tert-OH is 1. The van der Waals surface area contributed by atoms with E-state index in [1.54, 1.807) is 0 Å². The Bertz CT molecular complexity index is 693. The topological polar surface area (TPSA) is 125 Å². The minimum Gasteiger partial charge on any atom is -0.494 e. The Labute approximate surface area is 169 Å². The van der Waals surface area contributed by atoms with Crippen LogP contribution in [0.5, 0.6) is 11.5 Å². The van der Waals surface area contributed by atoms with Crippen LogP contribution in [0.2, 0.25) is 0 Å². The molecule has 0 fully saturated rings. The lowest BCUT2D eigenvalue weighted by Gasteiger charge is -2.09. The van der Waals surface area contributed by atoms with Crippen LogP contribution in [0.1, 0.15) is 18.4 Å². The van der Waals surface area contributed by atoms with Crippen molar-refractivity contribution in [3.8, 4) is 11.5 Å². The molecule has 0 spiro atoms. The Balaban J connectivity index is 0.000000612. The molecule has 0 bridgehead atoms. The van der Waals surface area contributed by atoms with Crippen LogP contribution in [0.25, 0.3) is 0 Å². The molecule has 0 unspecified atom stereocenters. The maximum Gasteiger partial charge on any atom is 0.414 e. The molecule has 0 aliphatic heterocycles. The van der Waals surface area contributed by atoms with Crippen LogP contribution in [0.3, 0.4) is 0 Å². The van der Waals surface area contributed by atoms with Crippen molar-refractivity contribution in [2.24, 2.45) is 0 Å². The molecule has 0 aliphatic carbocycles. The van der Waals surface area contributed by atoms with Gasteiger partial charge >= 0.3 is 11.9 Å². The van der Waals surface area contributed by atoms with Gasteiger partial charge in [-0.05, 0) is 49.2 Å². The lowest BCUT2D eigenvalue weighted by atomic mass is 10.2. The second-order valence-electron chi connectivity index (χ2n) is 5.89. The Morgan fingerprint density at radius 3 is 1.93 bits per heavy atom. The molecule has 29 heavy (non-hydrogen) atoms. The lowest BCUT2D eigenvalue weighted by molar-refractivity contribution is -0.159. The van der Waals surface area contributed by atoms with Crippen molar-refractivity contribution >= 4 is 11.9 Å². The quantitative estimate of drug-likeness (QED) is 0.331. The molecule has 8 nitrogen and oxygen atoms in total. The summed E-state index contributed by atoms with van der Waals surface area (Å²) in [4.78, 5) is 18.2. The van der Waals surface area contributed by atoms with Crippen molar-refractivity contribution in [2.75, 3.05) is 26.3 Å². The zero-order valence-electron chi connectivity index (χ0n) is 16.1. The first-order valence-corrected chi connectivity index (χ1v) is 9.20. The van der Waals surface area contributed by atoms with Gasteiger partial charge in [-0.3, -0.25) is 0 Å². The summed E-state index contributed by atoms with van der Waals surface area (Å²) in [5.41, 5.74) is 1.16. The molecule has 2 rings (SSSR count). The van der Waals surface area contributed by atoms with Gasteiger partial charge in [0, 0.05) is 6.54 Å². The molecular formula is C21H27NO7. The first-order valence-electron chi connectivity index (χ1n) is 9.20. The van der Waals surface area contributed by atoms with Gasteiger partial charge in [0.05, 0.1) is 13.2 Å². The molecule has 2 aromatic carbocycles. The van der Waals surface area contributed by atoms with E-state index in [1.807, 2.05) is 54.6 Å². The van der Waals surface area contributed by atoms with Crippen molar-refractivity contribution in [3.05, 3.63) is 60.2 Å². The third-order valence-corrected chi connectivity index (χ3v) is 3.56. The van der Waals surface area contributed by atoms with Crippen LogP contribution >= 0.6 is 0 Å². The Morgan fingerprint density at radius 1 is 0.793 bits per heavy atom. The standard InChI is InChI=1S/C19H25NO3.C2H2O4/c21-14-13-20-12-4-5-15-22-18-8-10-19(11-9-18)23-16-17-6-2-1-3-7-17;3-1(4)2(5)6/h1-3,6-11,20-21H,4-5,12-16H2;(H,3,4)(H,5,6). The van der Waals surface area contributed by atoms with Gasteiger partial charge in [0.15, 0.2) is 0 Å². The number of benzene rings is 2. The molecule has 0 amide bonds. The molecule has 2 aromatic rings. The molecule has 4 N–H and O–H groups in total. The predicted octanol–water partition coefficient (Wildman–Crippen LogP) is 2.16. The van der Waals surface area contributed by atoms with E-state index in [1.165, 1.54) is 0 Å². The first kappa shape index (κ1) is 23.9. The van der Waals surface area contributed by atoms with E-state index in [-0.39, 0.29) is 6.61 Å². The van der Waals surface area contributed by atoms with Crippen LogP contribution in [-0.4, -0.2) is 53.6 Å². The first-order chi connectivity index (χ1) is 14.0. The fourth-order valence-corrected chi connectivity index (χ4v) is 2.12. The van der Waals surface area contributed by atoms with Crippen LogP contribution in [0, 0.1) is 0 Å². The van der Waals surface area contributed by atoms with Gasteiger partial charge in [-0.15, -0.1) is 0 Å². The summed E-state index contributed by atoms with van der Waals surface area (Å²) in [5.74, 6) is -1.94. The Morgan fingerprint density at radius 2 is 1.38 bits per heavy atom. The monoisotopic (exact) mass is 405 g/mol. The van der Waals surface area contributed by atoms with Crippen molar-refractivity contribution in [2.45, 2.75) is 19.4 Å². The minimum absolute atomic E-state index is 0.190. The second-order valence-corrected chi connectivity index (χ2v) is 5.89. The normalized spacial score (nSPS) is 9.83. The number of carboxylic acid groups (broad SMARTS) is 2. The molecule has 0 aromatic heterocycles. The van der Waals surface area contributed by atoms with Gasteiger partial charge in [0.2, 0.25) is 0 Å². The summed E-state index contributed by atoms with van der Waals surface area (Å²) < 4.78 is 11.4. The van der Waals surface area contributed by atoms with Crippen molar-refractivity contribution in [1.29, 1.82) is 0 Å². The summed E-state index contributed by atoms with van der Waals surface area (Å²) >= 11 is 0. The lowest BCUT2D eigenvalue weighted by Crippen LogP contribution is -2.19. The Kier molecular flexibility index (Phi) is 12.3. The average molecular weight is 405 g/mol. The fourth-order valence-electron chi connectivity index (χ4n) is 2.12. The number of hydrogen-bond acceptors (Lipinski definition) is 6. The highest BCUT2D eigenvalue weighted by Gasteiger charge is 2.04. The van der Waals surface area contributed by atoms with Gasteiger partial charge in [-0.1, -0.05) is 30.3 Å². The van der Waals surface area contributed by atoms with E-state index in [9.17, 15) is 0 Å². The van der Waals surface area contributed by atoms with E-state index in [2.05, 4.69) is 5.32 Å². The van der Waals surface area contributed by atoms with Gasteiger partial charge in [-0.25, -0.2) is 9.59 Å². The summed E-state index contributed by atoms with van der Waals surface area (Å²) in [5, 5.41) is 26.6. The number of aliphatic carboxylic acids is 2. The van der Waals surface area contributed by atoms with Crippen LogP contribution in [0.15, 0.2) is 54.6 Å². The number of ether oxygens (including phenoxy) is 2. The zero-order valence-corrected chi connectivity index (χ0v) is 16.1. The smallest absolute Gasteiger partial charge is 0.414 e. The summed E-state index contributed by atoms with van der Waals surface area (Å²) in [6.07, 6.45) is 2.03. The summed E-state index contributed by atoms with van der Waals surface area (Å²) in [6.45, 7) is 3.03. The third kappa shape index (κ3) is 12.1. The Hall–Kier alpha value is -3.10. The highest BCUT2D eigenvalue weighted by atomic mass is 16.5. The number of carboxylic acids is 2. The molecule has 0 saturated heterocycles. The van der Waals surface area contributed by atoms with Gasteiger partial charge in [0.25, 0.3) is 0 Å². The highest BCUT2D eigenvalue weighted by molar-refractivity contribution is 6.27. The van der Waals surface area contributed by atoms with E-state index in [0.717, 1.165) is 36.4 Å². The van der Waals surface area contributed by atoms with E-state index in [4.69, 9.17) is 34.4 Å². The van der Waals surface area contributed by atoms with Gasteiger partial charge in [0.1, 0.15) is 18.1 Å². The molecule has 0 radical (unpaired) electrons. The number of carbonyl (C=O) groups is 2. The maximum absolute atomic E-state index is 9.10.